The predicted octanol–water partition coefficient (Wildman–Crippen LogP) is 7.50. The fourth-order valence-corrected chi connectivity index (χ4v) is 4.86. The molecule has 1 heterocycles. The van der Waals surface area contributed by atoms with E-state index in [-0.39, 0.29) is 16.8 Å². The molecule has 2 rings (SSSR count). The van der Waals surface area contributed by atoms with Gasteiger partial charge in [0.15, 0.2) is 0 Å². The third-order valence-corrected chi connectivity index (χ3v) is 6.55. The maximum absolute atomic E-state index is 12.1. The number of unbranched alkanes of at least 4 members (excludes halogenated alkanes) is 5. The number of benzene rings is 1. The first-order valence-electron chi connectivity index (χ1n) is 12.1. The highest BCUT2D eigenvalue weighted by Gasteiger charge is 2.32. The quantitative estimate of drug-likeness (QED) is 0.181. The number of hydrogen-bond acceptors (Lipinski definition) is 5. The zero-order chi connectivity index (χ0) is 23.6. The van der Waals surface area contributed by atoms with Gasteiger partial charge in [-0.2, -0.15) is 0 Å². The second-order valence-electron chi connectivity index (χ2n) is 10.6. The third-order valence-electron chi connectivity index (χ3n) is 5.53. The molecule has 0 aliphatic carbocycles. The van der Waals surface area contributed by atoms with E-state index in [0.717, 1.165) is 29.7 Å². The maximum atomic E-state index is 12.1. The van der Waals surface area contributed by atoms with Crippen LogP contribution in [0.15, 0.2) is 18.2 Å². The summed E-state index contributed by atoms with van der Waals surface area (Å²) in [5.74, 6) is 0.670. The topological polar surface area (TPSA) is 54.0 Å². The molecule has 1 aromatic carbocycles. The summed E-state index contributed by atoms with van der Waals surface area (Å²) in [6.07, 6.45) is 8.20. The molecule has 0 saturated carbocycles. The first-order valence-corrected chi connectivity index (χ1v) is 13.2. The van der Waals surface area contributed by atoms with Crippen molar-refractivity contribution in [2.75, 3.05) is 19.8 Å². The highest BCUT2D eigenvalue weighted by atomic mass is 31.2. The number of carbonyl (C=O) groups excluding carboxylic acids is 1. The monoisotopic (exact) mass is 466 g/mol. The minimum Gasteiger partial charge on any atom is -0.466 e. The molecule has 0 spiro atoms. The number of rotatable bonds is 12. The molecule has 0 N–H and O–H groups in total. The molecule has 5 nitrogen and oxygen atoms in total. The minimum absolute atomic E-state index is 0.0164. The first kappa shape index (κ1) is 27.1. The standard InChI is InChI=1S/C26H43O5P/c1-7-8-9-10-11-12-17-28-24(27)16-14-21-13-15-23(22(18-21)25(2,3)4)31-32-29-19-26(5,6)20-30-32/h13,15,18H,7-12,14,16-17,19-20H2,1-6H3. The molecule has 0 atom stereocenters. The Morgan fingerprint density at radius 3 is 2.38 bits per heavy atom. The van der Waals surface area contributed by atoms with Gasteiger partial charge >= 0.3 is 14.6 Å². The van der Waals surface area contributed by atoms with Crippen molar-refractivity contribution in [2.24, 2.45) is 5.41 Å². The lowest BCUT2D eigenvalue weighted by Gasteiger charge is -2.33. The summed E-state index contributed by atoms with van der Waals surface area (Å²) in [6.45, 7) is 14.7. The summed E-state index contributed by atoms with van der Waals surface area (Å²) < 4.78 is 23.1. The van der Waals surface area contributed by atoms with E-state index in [1.165, 1.54) is 25.7 Å². The van der Waals surface area contributed by atoms with Crippen molar-refractivity contribution in [1.29, 1.82) is 0 Å². The molecule has 0 radical (unpaired) electrons. The van der Waals surface area contributed by atoms with Crippen LogP contribution in [0.2, 0.25) is 0 Å². The van der Waals surface area contributed by atoms with E-state index in [1.54, 1.807) is 0 Å². The maximum Gasteiger partial charge on any atom is 0.397 e. The van der Waals surface area contributed by atoms with Crippen molar-refractivity contribution in [3.05, 3.63) is 29.3 Å². The van der Waals surface area contributed by atoms with E-state index in [9.17, 15) is 4.79 Å². The number of esters is 1. The highest BCUT2D eigenvalue weighted by Crippen LogP contribution is 2.48. The van der Waals surface area contributed by atoms with Crippen molar-refractivity contribution in [3.63, 3.8) is 0 Å². The van der Waals surface area contributed by atoms with Crippen LogP contribution in [0.5, 0.6) is 5.75 Å². The largest absolute Gasteiger partial charge is 0.466 e. The second kappa shape index (κ2) is 12.9. The summed E-state index contributed by atoms with van der Waals surface area (Å²) in [5, 5.41) is 0. The van der Waals surface area contributed by atoms with Crippen molar-refractivity contribution in [2.45, 2.75) is 98.3 Å². The summed E-state index contributed by atoms with van der Waals surface area (Å²) in [4.78, 5) is 12.1. The summed E-state index contributed by atoms with van der Waals surface area (Å²) in [6, 6.07) is 6.14. The molecule has 1 aliphatic rings. The Morgan fingerprint density at radius 2 is 1.72 bits per heavy atom. The molecule has 0 amide bonds. The Kier molecular flexibility index (Phi) is 10.9. The van der Waals surface area contributed by atoms with Crippen LogP contribution < -0.4 is 4.52 Å². The fraction of sp³-hybridized carbons (Fsp3) is 0.731. The van der Waals surface area contributed by atoms with Gasteiger partial charge in [-0.1, -0.05) is 85.8 Å². The number of ether oxygens (including phenoxy) is 1. The molecular formula is C26H43O5P. The van der Waals surface area contributed by atoms with E-state index in [4.69, 9.17) is 18.3 Å². The minimum atomic E-state index is -1.39. The van der Waals surface area contributed by atoms with Gasteiger partial charge in [0.05, 0.1) is 19.8 Å². The predicted molar refractivity (Wildman–Crippen MR) is 131 cm³/mol. The molecule has 1 fully saturated rings. The fourth-order valence-electron chi connectivity index (χ4n) is 3.45. The van der Waals surface area contributed by atoms with Crippen LogP contribution in [0, 0.1) is 5.41 Å². The van der Waals surface area contributed by atoms with Crippen LogP contribution in [0.4, 0.5) is 0 Å². The molecule has 0 bridgehead atoms. The second-order valence-corrected chi connectivity index (χ2v) is 11.7. The summed E-state index contributed by atoms with van der Waals surface area (Å²) in [7, 11) is -1.39. The Balaban J connectivity index is 1.84. The van der Waals surface area contributed by atoms with Gasteiger partial charge in [0.2, 0.25) is 0 Å². The van der Waals surface area contributed by atoms with Gasteiger partial charge in [0.1, 0.15) is 5.75 Å². The lowest BCUT2D eigenvalue weighted by Crippen LogP contribution is -2.29. The summed E-state index contributed by atoms with van der Waals surface area (Å²) in [5.41, 5.74) is 2.12. The van der Waals surface area contributed by atoms with Crippen LogP contribution in [0.1, 0.15) is 97.6 Å². The van der Waals surface area contributed by atoms with E-state index >= 15 is 0 Å². The number of hydrogen-bond donors (Lipinski definition) is 0. The molecular weight excluding hydrogens is 423 g/mol. The van der Waals surface area contributed by atoms with Crippen LogP contribution in [0.3, 0.4) is 0 Å². The van der Waals surface area contributed by atoms with E-state index in [2.05, 4.69) is 47.6 Å². The van der Waals surface area contributed by atoms with E-state index < -0.39 is 8.60 Å². The molecule has 182 valence electrons. The molecule has 1 aromatic rings. The van der Waals surface area contributed by atoms with Crippen LogP contribution in [-0.4, -0.2) is 25.8 Å². The van der Waals surface area contributed by atoms with E-state index in [1.807, 2.05) is 12.1 Å². The van der Waals surface area contributed by atoms with E-state index in [0.29, 0.717) is 32.7 Å². The average molecular weight is 467 g/mol. The smallest absolute Gasteiger partial charge is 0.397 e. The van der Waals surface area contributed by atoms with Crippen molar-refractivity contribution < 1.29 is 23.1 Å². The normalized spacial score (nSPS) is 16.7. The van der Waals surface area contributed by atoms with Crippen LogP contribution in [-0.2, 0) is 30.4 Å². The Bertz CT molecular complexity index is 701. The summed E-state index contributed by atoms with van der Waals surface area (Å²) >= 11 is 0. The van der Waals surface area contributed by atoms with Crippen LogP contribution >= 0.6 is 8.60 Å². The Hall–Kier alpha value is -1.16. The third kappa shape index (κ3) is 9.77. The lowest BCUT2D eigenvalue weighted by atomic mass is 9.85. The molecule has 32 heavy (non-hydrogen) atoms. The molecule has 1 saturated heterocycles. The zero-order valence-corrected chi connectivity index (χ0v) is 21.9. The van der Waals surface area contributed by atoms with Gasteiger partial charge in [-0.25, -0.2) is 0 Å². The molecule has 1 aliphatic heterocycles. The van der Waals surface area contributed by atoms with Crippen molar-refractivity contribution in [3.8, 4) is 5.75 Å². The average Bonchev–Trinajstić information content (AvgIpc) is 2.73. The number of carbonyl (C=O) groups is 1. The first-order chi connectivity index (χ1) is 15.1. The SMILES string of the molecule is CCCCCCCCOC(=O)CCc1ccc(OP2OCC(C)(C)CO2)c(C(C)(C)C)c1. The Labute approximate surface area is 196 Å². The highest BCUT2D eigenvalue weighted by molar-refractivity contribution is 7.42. The van der Waals surface area contributed by atoms with Crippen molar-refractivity contribution >= 4 is 14.6 Å². The molecule has 6 heteroatoms. The van der Waals surface area contributed by atoms with Crippen molar-refractivity contribution in [1.82, 2.24) is 0 Å². The van der Waals surface area contributed by atoms with Gasteiger partial charge < -0.3 is 18.3 Å². The van der Waals surface area contributed by atoms with Gasteiger partial charge in [-0.05, 0) is 29.9 Å². The molecule has 0 unspecified atom stereocenters. The zero-order valence-electron chi connectivity index (χ0n) is 21.0. The van der Waals surface area contributed by atoms with Gasteiger partial charge in [-0.15, -0.1) is 0 Å². The lowest BCUT2D eigenvalue weighted by molar-refractivity contribution is -0.143. The molecule has 0 aromatic heterocycles. The van der Waals surface area contributed by atoms with Gasteiger partial charge in [0, 0.05) is 17.4 Å². The van der Waals surface area contributed by atoms with Gasteiger partial charge in [0.25, 0.3) is 0 Å². The number of aryl methyl sites for hydroxylation is 1. The van der Waals surface area contributed by atoms with Gasteiger partial charge in [-0.3, -0.25) is 4.79 Å². The Morgan fingerprint density at radius 1 is 1.06 bits per heavy atom. The van der Waals surface area contributed by atoms with Crippen LogP contribution in [0.25, 0.3) is 0 Å².